The normalized spacial score (nSPS) is 19.4. The molecule has 9 heteroatoms. The second-order valence-corrected chi connectivity index (χ2v) is 19.7. The third-order valence-electron chi connectivity index (χ3n) is 13.0. The Morgan fingerprint density at radius 3 is 1.28 bits per heavy atom. The molecule has 0 bridgehead atoms. The molecule has 6 atom stereocenters. The van der Waals surface area contributed by atoms with Crippen molar-refractivity contribution in [3.63, 3.8) is 0 Å². The van der Waals surface area contributed by atoms with Crippen molar-refractivity contribution >= 4 is 5.97 Å². The number of aliphatic hydroxyl groups is 4. The van der Waals surface area contributed by atoms with Gasteiger partial charge in [0.1, 0.15) is 30.5 Å². The van der Waals surface area contributed by atoms with Gasteiger partial charge in [0, 0.05) is 13.0 Å². The van der Waals surface area contributed by atoms with Crippen LogP contribution in [0, 0.1) is 0 Å². The summed E-state index contributed by atoms with van der Waals surface area (Å²) in [6.07, 6.45) is 67.3. The summed E-state index contributed by atoms with van der Waals surface area (Å²) in [7, 11) is 0. The molecule has 6 unspecified atom stereocenters. The Labute approximate surface area is 441 Å². The highest BCUT2D eigenvalue weighted by molar-refractivity contribution is 5.69. The summed E-state index contributed by atoms with van der Waals surface area (Å²) in [5, 5.41) is 40.4. The van der Waals surface area contributed by atoms with E-state index in [9.17, 15) is 25.2 Å². The van der Waals surface area contributed by atoms with Crippen LogP contribution < -0.4 is 0 Å². The van der Waals surface area contributed by atoms with Gasteiger partial charge in [-0.2, -0.15) is 0 Å². The molecule has 1 fully saturated rings. The lowest BCUT2D eigenvalue weighted by molar-refractivity contribution is -0.305. The first-order chi connectivity index (χ1) is 35.4. The van der Waals surface area contributed by atoms with E-state index in [1.807, 2.05) is 0 Å². The van der Waals surface area contributed by atoms with Crippen molar-refractivity contribution < 1.29 is 44.2 Å². The van der Waals surface area contributed by atoms with E-state index in [0.717, 1.165) is 89.9 Å². The number of carbonyl (C=O) groups excluding carboxylic acids is 1. The molecule has 4 N–H and O–H groups in total. The largest absolute Gasteiger partial charge is 0.457 e. The van der Waals surface area contributed by atoms with Gasteiger partial charge in [-0.1, -0.05) is 227 Å². The van der Waals surface area contributed by atoms with Crippen LogP contribution in [0.2, 0.25) is 0 Å². The summed E-state index contributed by atoms with van der Waals surface area (Å²) in [4.78, 5) is 12.9. The maximum Gasteiger partial charge on any atom is 0.306 e. The molecule has 0 aliphatic carbocycles. The van der Waals surface area contributed by atoms with Crippen molar-refractivity contribution in [1.29, 1.82) is 0 Å². The van der Waals surface area contributed by atoms with Gasteiger partial charge in [0.2, 0.25) is 0 Å². The van der Waals surface area contributed by atoms with E-state index in [-0.39, 0.29) is 19.2 Å². The average Bonchev–Trinajstić information content (AvgIpc) is 3.38. The molecule has 0 radical (unpaired) electrons. The van der Waals surface area contributed by atoms with Gasteiger partial charge in [-0.3, -0.25) is 4.79 Å². The molecule has 1 aliphatic heterocycles. The van der Waals surface area contributed by atoms with Crippen LogP contribution >= 0.6 is 0 Å². The van der Waals surface area contributed by atoms with Gasteiger partial charge in [0.25, 0.3) is 0 Å². The monoisotopic (exact) mass is 1010 g/mol. The number of hydrogen-bond donors (Lipinski definition) is 4. The van der Waals surface area contributed by atoms with Gasteiger partial charge in [-0.25, -0.2) is 0 Å². The summed E-state index contributed by atoms with van der Waals surface area (Å²) in [6.45, 7) is 4.42. The van der Waals surface area contributed by atoms with Crippen molar-refractivity contribution in [3.8, 4) is 0 Å². The molecule has 0 aromatic rings. The molecule has 1 saturated heterocycles. The minimum Gasteiger partial charge on any atom is -0.457 e. The minimum absolute atomic E-state index is 0.124. The van der Waals surface area contributed by atoms with Gasteiger partial charge in [-0.05, 0) is 96.3 Å². The van der Waals surface area contributed by atoms with Crippen LogP contribution in [-0.2, 0) is 23.7 Å². The first-order valence-electron chi connectivity index (χ1n) is 29.3. The molecule has 1 rings (SSSR count). The zero-order valence-electron chi connectivity index (χ0n) is 45.9. The van der Waals surface area contributed by atoms with Crippen molar-refractivity contribution in [2.75, 3.05) is 26.4 Å². The summed E-state index contributed by atoms with van der Waals surface area (Å²) < 4.78 is 23.0. The molecule has 0 spiro atoms. The van der Waals surface area contributed by atoms with Crippen molar-refractivity contribution in [2.45, 2.75) is 269 Å². The molecule has 0 amide bonds. The highest BCUT2D eigenvalue weighted by Crippen LogP contribution is 2.23. The molecule has 414 valence electrons. The van der Waals surface area contributed by atoms with E-state index in [2.05, 4.69) is 111 Å². The topological polar surface area (TPSA) is 135 Å². The van der Waals surface area contributed by atoms with Crippen molar-refractivity contribution in [2.24, 2.45) is 0 Å². The summed E-state index contributed by atoms with van der Waals surface area (Å²) in [5.41, 5.74) is 0. The van der Waals surface area contributed by atoms with E-state index in [1.54, 1.807) is 0 Å². The van der Waals surface area contributed by atoms with Gasteiger partial charge in [0.15, 0.2) is 6.29 Å². The van der Waals surface area contributed by atoms with Crippen LogP contribution in [0.3, 0.4) is 0 Å². The Morgan fingerprint density at radius 2 is 0.847 bits per heavy atom. The predicted molar refractivity (Wildman–Crippen MR) is 302 cm³/mol. The average molecular weight is 1010 g/mol. The zero-order chi connectivity index (χ0) is 52.1. The predicted octanol–water partition coefficient (Wildman–Crippen LogP) is 15.5. The number of ether oxygens (including phenoxy) is 4. The van der Waals surface area contributed by atoms with Crippen LogP contribution in [0.4, 0.5) is 0 Å². The quantitative estimate of drug-likeness (QED) is 0.0267. The fourth-order valence-electron chi connectivity index (χ4n) is 8.47. The van der Waals surface area contributed by atoms with E-state index in [0.29, 0.717) is 13.0 Å². The number of esters is 1. The van der Waals surface area contributed by atoms with E-state index in [1.165, 1.54) is 122 Å². The third kappa shape index (κ3) is 42.5. The second kappa shape index (κ2) is 53.0. The smallest absolute Gasteiger partial charge is 0.306 e. The minimum atomic E-state index is -1.55. The molecular weight excluding hydrogens is 901 g/mol. The zero-order valence-corrected chi connectivity index (χ0v) is 45.9. The van der Waals surface area contributed by atoms with E-state index < -0.39 is 43.4 Å². The number of carbonyl (C=O) groups is 1. The Morgan fingerprint density at radius 1 is 0.458 bits per heavy atom. The van der Waals surface area contributed by atoms with Crippen molar-refractivity contribution in [3.05, 3.63) is 97.2 Å². The number of rotatable bonds is 50. The maximum atomic E-state index is 12.9. The molecule has 0 aromatic carbocycles. The Balaban J connectivity index is 2.17. The SMILES string of the molecule is CC/C=C\C/C=C\C/C=C\C/C=C\C/C=C\CCCCCCCCCC(=O)OC(COCCCCCCCCCCCCC/C=C\C/C=C\C/C=C\CCCCCCC)COC1OC(CO)C(O)C(O)C1O. The first kappa shape index (κ1) is 67.1. The van der Waals surface area contributed by atoms with E-state index >= 15 is 0 Å². The van der Waals surface area contributed by atoms with Crippen LogP contribution in [0.25, 0.3) is 0 Å². The van der Waals surface area contributed by atoms with Gasteiger partial charge >= 0.3 is 5.97 Å². The lowest BCUT2D eigenvalue weighted by Crippen LogP contribution is -2.59. The molecule has 9 nitrogen and oxygen atoms in total. The Hall–Kier alpha value is -2.89. The van der Waals surface area contributed by atoms with Crippen LogP contribution in [0.15, 0.2) is 97.2 Å². The number of hydrogen-bond acceptors (Lipinski definition) is 9. The molecule has 1 aliphatic rings. The highest BCUT2D eigenvalue weighted by Gasteiger charge is 2.44. The van der Waals surface area contributed by atoms with Gasteiger partial charge in [-0.15, -0.1) is 0 Å². The Bertz CT molecular complexity index is 1430. The summed E-state index contributed by atoms with van der Waals surface area (Å²) in [5.74, 6) is -0.327. The standard InChI is InChI=1S/C63H108O9/c1-3-5-7-9-11-13-15-17-19-21-23-25-27-28-29-31-33-35-37-39-41-43-45-47-49-51-53-69-55-57(56-70-63-62(68)61(67)60(66)58(54-64)72-63)71-59(65)52-50-48-46-44-42-40-38-36-34-32-30-26-24-22-20-18-16-14-12-10-8-6-4-2/h6,8,12,14-15,17-18,20-21,23-24,26-28,32,34,57-58,60-64,66-68H,3-5,7,9-11,13,16,19,22,25,29-31,33,35-56H2,1-2H3/b8-6-,14-12-,17-15-,20-18-,23-21-,26-24-,28-27-,34-32-. The Kier molecular flexibility index (Phi) is 49.4. The third-order valence-corrected chi connectivity index (χ3v) is 13.0. The lowest BCUT2D eigenvalue weighted by Gasteiger charge is -2.39. The van der Waals surface area contributed by atoms with E-state index in [4.69, 9.17) is 18.9 Å². The molecule has 0 aromatic heterocycles. The number of aliphatic hydroxyl groups excluding tert-OH is 4. The van der Waals surface area contributed by atoms with Crippen LogP contribution in [-0.4, -0.2) is 89.6 Å². The molecular formula is C63H108O9. The number of allylic oxidation sites excluding steroid dienone is 16. The molecule has 0 saturated carbocycles. The highest BCUT2D eigenvalue weighted by atomic mass is 16.7. The summed E-state index contributed by atoms with van der Waals surface area (Å²) >= 11 is 0. The molecule has 72 heavy (non-hydrogen) atoms. The van der Waals surface area contributed by atoms with Crippen LogP contribution in [0.1, 0.15) is 232 Å². The van der Waals surface area contributed by atoms with Gasteiger partial charge in [0.05, 0.1) is 19.8 Å². The van der Waals surface area contributed by atoms with Gasteiger partial charge < -0.3 is 39.4 Å². The lowest BCUT2D eigenvalue weighted by atomic mass is 9.99. The van der Waals surface area contributed by atoms with Crippen molar-refractivity contribution in [1.82, 2.24) is 0 Å². The second-order valence-electron chi connectivity index (χ2n) is 19.7. The van der Waals surface area contributed by atoms with Crippen LogP contribution in [0.5, 0.6) is 0 Å². The summed E-state index contributed by atoms with van der Waals surface area (Å²) in [6, 6.07) is 0. The molecule has 1 heterocycles. The first-order valence-corrected chi connectivity index (χ1v) is 29.3. The fraction of sp³-hybridized carbons (Fsp3) is 0.730. The maximum absolute atomic E-state index is 12.9. The number of unbranched alkanes of at least 4 members (excludes halogenated alkanes) is 23. The fourth-order valence-corrected chi connectivity index (χ4v) is 8.47.